The van der Waals surface area contributed by atoms with E-state index in [2.05, 4.69) is 51.9 Å². The van der Waals surface area contributed by atoms with Gasteiger partial charge in [-0.25, -0.2) is 0 Å². The molecule has 2 aromatic carbocycles. The lowest BCUT2D eigenvalue weighted by Crippen LogP contribution is -2.41. The molecule has 34 heavy (non-hydrogen) atoms. The van der Waals surface area contributed by atoms with Crippen LogP contribution in [-0.4, -0.2) is 53.2 Å². The molecule has 2 aromatic rings. The average molecular weight is 463 g/mol. The third-order valence-electron chi connectivity index (χ3n) is 6.97. The quantitative estimate of drug-likeness (QED) is 0.531. The van der Waals surface area contributed by atoms with Gasteiger partial charge in [-0.3, -0.25) is 24.6 Å². The molecule has 1 atom stereocenters. The van der Waals surface area contributed by atoms with Crippen molar-refractivity contribution in [2.24, 2.45) is 0 Å². The van der Waals surface area contributed by atoms with E-state index in [1.165, 1.54) is 11.1 Å². The first kappa shape index (κ1) is 24.1. The predicted molar refractivity (Wildman–Crippen MR) is 131 cm³/mol. The van der Waals surface area contributed by atoms with Crippen molar-refractivity contribution in [3.63, 3.8) is 0 Å². The van der Waals surface area contributed by atoms with Crippen LogP contribution in [0.5, 0.6) is 0 Å². The maximum atomic E-state index is 12.8. The molecule has 0 radical (unpaired) electrons. The normalized spacial score (nSPS) is 17.4. The van der Waals surface area contributed by atoms with E-state index >= 15 is 0 Å². The van der Waals surface area contributed by atoms with E-state index in [1.807, 2.05) is 24.0 Å². The van der Waals surface area contributed by atoms with Crippen LogP contribution >= 0.6 is 0 Å². The lowest BCUT2D eigenvalue weighted by molar-refractivity contribution is -0.125. The van der Waals surface area contributed by atoms with Crippen LogP contribution in [-0.2, 0) is 29.2 Å². The zero-order valence-electron chi connectivity index (χ0n) is 19.8. The lowest BCUT2D eigenvalue weighted by Gasteiger charge is -2.32. The molecule has 0 aromatic heterocycles. The number of rotatable bonds is 10. The number of benzene rings is 2. The largest absolute Gasteiger partial charge is 0.332 e. The van der Waals surface area contributed by atoms with E-state index in [1.54, 1.807) is 0 Å². The number of carbonyl (C=O) groups is 3. The zero-order valence-corrected chi connectivity index (χ0v) is 19.8. The van der Waals surface area contributed by atoms with Crippen LogP contribution < -0.4 is 10.6 Å². The summed E-state index contributed by atoms with van der Waals surface area (Å²) in [5, 5.41) is 5.85. The minimum Gasteiger partial charge on any atom is -0.332 e. The summed E-state index contributed by atoms with van der Waals surface area (Å²) in [7, 11) is 0. The number of hydrogen-bond donors (Lipinski definition) is 2. The number of nitrogens with one attached hydrogen (secondary N) is 2. The Morgan fingerprint density at radius 2 is 1.88 bits per heavy atom. The van der Waals surface area contributed by atoms with Crippen molar-refractivity contribution in [2.45, 2.75) is 64.3 Å². The van der Waals surface area contributed by atoms with Crippen LogP contribution in [0, 0.1) is 0 Å². The molecule has 0 saturated carbocycles. The van der Waals surface area contributed by atoms with E-state index in [9.17, 15) is 14.4 Å². The molecule has 4 rings (SSSR count). The Morgan fingerprint density at radius 1 is 1.12 bits per heavy atom. The third-order valence-corrected chi connectivity index (χ3v) is 6.97. The molecule has 3 amide bonds. The molecule has 7 nitrogen and oxygen atoms in total. The molecule has 1 unspecified atom stereocenters. The Hall–Kier alpha value is -3.03. The number of imide groups is 1. The van der Waals surface area contributed by atoms with Gasteiger partial charge in [0.25, 0.3) is 5.91 Å². The van der Waals surface area contributed by atoms with Gasteiger partial charge in [-0.2, -0.15) is 0 Å². The monoisotopic (exact) mass is 462 g/mol. The summed E-state index contributed by atoms with van der Waals surface area (Å²) >= 11 is 0. The fourth-order valence-electron chi connectivity index (χ4n) is 4.90. The summed E-state index contributed by atoms with van der Waals surface area (Å²) in [6, 6.07) is 17.2. The van der Waals surface area contributed by atoms with Crippen LogP contribution in [0.25, 0.3) is 0 Å². The van der Waals surface area contributed by atoms with E-state index < -0.39 is 0 Å². The van der Waals surface area contributed by atoms with Gasteiger partial charge in [-0.1, -0.05) is 42.5 Å². The summed E-state index contributed by atoms with van der Waals surface area (Å²) < 4.78 is 0. The first-order chi connectivity index (χ1) is 16.5. The van der Waals surface area contributed by atoms with Crippen LogP contribution in [0.4, 0.5) is 0 Å². The molecule has 0 spiro atoms. The minimum absolute atomic E-state index is 0.0172. The molecule has 2 N–H and O–H groups in total. The minimum atomic E-state index is -0.315. The van der Waals surface area contributed by atoms with Crippen LogP contribution in [0.3, 0.4) is 0 Å². The maximum Gasteiger partial charge on any atom is 0.254 e. The molecular weight excluding hydrogens is 428 g/mol. The van der Waals surface area contributed by atoms with Gasteiger partial charge in [0.2, 0.25) is 12.3 Å². The molecule has 2 heterocycles. The highest BCUT2D eigenvalue weighted by Crippen LogP contribution is 2.27. The van der Waals surface area contributed by atoms with Gasteiger partial charge in [0.1, 0.15) is 0 Å². The van der Waals surface area contributed by atoms with Gasteiger partial charge in [-0.15, -0.1) is 0 Å². The fraction of sp³-hybridized carbons (Fsp3) is 0.444. The zero-order chi connectivity index (χ0) is 23.9. The topological polar surface area (TPSA) is 81.8 Å². The van der Waals surface area contributed by atoms with Gasteiger partial charge in [-0.05, 0) is 62.0 Å². The highest BCUT2D eigenvalue weighted by Gasteiger charge is 2.31. The number of hydrogen-bond acceptors (Lipinski definition) is 5. The summed E-state index contributed by atoms with van der Waals surface area (Å²) in [4.78, 5) is 39.1. The highest BCUT2D eigenvalue weighted by atomic mass is 16.2. The average Bonchev–Trinajstić information content (AvgIpc) is 3.19. The predicted octanol–water partition coefficient (Wildman–Crippen LogP) is 2.84. The molecule has 1 saturated heterocycles. The maximum absolute atomic E-state index is 12.8. The molecule has 2 aliphatic heterocycles. The highest BCUT2D eigenvalue weighted by molar-refractivity contribution is 5.98. The Morgan fingerprint density at radius 3 is 2.62 bits per heavy atom. The van der Waals surface area contributed by atoms with E-state index in [0.29, 0.717) is 25.4 Å². The summed E-state index contributed by atoms with van der Waals surface area (Å²) in [6.45, 7) is 6.53. The summed E-state index contributed by atoms with van der Waals surface area (Å²) in [5.74, 6) is -0.297. The SMILES string of the molecule is CC(CCC(=O)NC=O)N1Cc2cc(CNC3CCN(Cc4ccccc4)CC3)ccc2C1=O. The van der Waals surface area contributed by atoms with Crippen molar-refractivity contribution in [3.05, 3.63) is 70.8 Å². The van der Waals surface area contributed by atoms with Crippen LogP contribution in [0.15, 0.2) is 48.5 Å². The van der Waals surface area contributed by atoms with Crippen molar-refractivity contribution in [1.82, 2.24) is 20.4 Å². The molecule has 180 valence electrons. The number of amides is 3. The second kappa shape index (κ2) is 11.4. The number of fused-ring (bicyclic) bond motifs is 1. The molecule has 7 heteroatoms. The first-order valence-corrected chi connectivity index (χ1v) is 12.2. The Bertz CT molecular complexity index is 1000. The second-order valence-corrected chi connectivity index (χ2v) is 9.41. The van der Waals surface area contributed by atoms with Crippen molar-refractivity contribution < 1.29 is 14.4 Å². The molecule has 2 aliphatic rings. The molecule has 0 bridgehead atoms. The molecule has 0 aliphatic carbocycles. The lowest BCUT2D eigenvalue weighted by atomic mass is 10.0. The van der Waals surface area contributed by atoms with Crippen molar-refractivity contribution in [1.29, 1.82) is 0 Å². The number of likely N-dealkylation sites (tertiary alicyclic amines) is 1. The van der Waals surface area contributed by atoms with E-state index in [4.69, 9.17) is 0 Å². The van der Waals surface area contributed by atoms with E-state index in [0.717, 1.165) is 50.1 Å². The third kappa shape index (κ3) is 6.10. The molecule has 1 fully saturated rings. The van der Waals surface area contributed by atoms with Gasteiger partial charge >= 0.3 is 0 Å². The number of nitrogens with zero attached hydrogens (tertiary/aromatic N) is 2. The van der Waals surface area contributed by atoms with Crippen molar-refractivity contribution in [2.75, 3.05) is 13.1 Å². The number of carbonyl (C=O) groups excluding carboxylic acids is 3. The Labute approximate surface area is 201 Å². The molecular formula is C27H34N4O3. The van der Waals surface area contributed by atoms with Gasteiger partial charge in [0, 0.05) is 43.7 Å². The smallest absolute Gasteiger partial charge is 0.254 e. The standard InChI is InChI=1S/C27H34N4O3/c1-20(7-10-26(33)29-19-32)31-18-23-15-22(8-9-25(23)27(31)34)16-28-24-11-13-30(14-12-24)17-21-5-3-2-4-6-21/h2-6,8-9,15,19-20,24,28H,7,10-14,16-18H2,1H3,(H,29,32,33). The van der Waals surface area contributed by atoms with Gasteiger partial charge < -0.3 is 10.2 Å². The van der Waals surface area contributed by atoms with Gasteiger partial charge in [0.05, 0.1) is 0 Å². The first-order valence-electron chi connectivity index (χ1n) is 12.2. The van der Waals surface area contributed by atoms with Crippen molar-refractivity contribution in [3.8, 4) is 0 Å². The Kier molecular flexibility index (Phi) is 8.08. The second-order valence-electron chi connectivity index (χ2n) is 9.41. The van der Waals surface area contributed by atoms with Gasteiger partial charge in [0.15, 0.2) is 0 Å². The Balaban J connectivity index is 1.24. The summed E-state index contributed by atoms with van der Waals surface area (Å²) in [5.41, 5.74) is 4.36. The van der Waals surface area contributed by atoms with Crippen LogP contribution in [0.1, 0.15) is 59.7 Å². The number of piperidine rings is 1. The summed E-state index contributed by atoms with van der Waals surface area (Å²) in [6.07, 6.45) is 3.42. The van der Waals surface area contributed by atoms with Crippen molar-refractivity contribution >= 4 is 18.2 Å². The van der Waals surface area contributed by atoms with Crippen LogP contribution in [0.2, 0.25) is 0 Å². The fourth-order valence-corrected chi connectivity index (χ4v) is 4.90. The van der Waals surface area contributed by atoms with E-state index in [-0.39, 0.29) is 24.3 Å².